The molecule has 1 amide bonds. The lowest BCUT2D eigenvalue weighted by Gasteiger charge is -2.35. The first-order chi connectivity index (χ1) is 9.20. The average molecular weight is 282 g/mol. The number of carbonyl (C=O) groups is 1. The van der Waals surface area contributed by atoms with E-state index < -0.39 is 0 Å². The number of likely N-dealkylation sites (N-methyl/N-ethyl adjacent to an activating group) is 1. The van der Waals surface area contributed by atoms with Crippen LogP contribution in [0.1, 0.15) is 12.5 Å². The summed E-state index contributed by atoms with van der Waals surface area (Å²) in [5, 5.41) is 6.91. The summed E-state index contributed by atoms with van der Waals surface area (Å²) in [6, 6.07) is 7.71. The number of amides is 1. The van der Waals surface area contributed by atoms with Gasteiger partial charge in [-0.3, -0.25) is 9.69 Å². The zero-order chi connectivity index (χ0) is 13.7. The largest absolute Gasteiger partial charge is 0.355 e. The van der Waals surface area contributed by atoms with Crippen molar-refractivity contribution in [2.24, 2.45) is 0 Å². The summed E-state index contributed by atoms with van der Waals surface area (Å²) in [6.07, 6.45) is 0. The first kappa shape index (κ1) is 14.3. The van der Waals surface area contributed by atoms with Crippen LogP contribution in [0.5, 0.6) is 0 Å². The topological polar surface area (TPSA) is 44.4 Å². The number of nitrogens with one attached hydrogen (secondary N) is 2. The quantitative estimate of drug-likeness (QED) is 0.873. The molecule has 0 aliphatic carbocycles. The molecule has 1 aliphatic rings. The minimum atomic E-state index is -0.0932. The summed E-state index contributed by atoms with van der Waals surface area (Å²) in [4.78, 5) is 14.3. The van der Waals surface area contributed by atoms with Crippen molar-refractivity contribution in [1.29, 1.82) is 0 Å². The van der Waals surface area contributed by atoms with E-state index in [4.69, 9.17) is 11.6 Å². The molecule has 1 unspecified atom stereocenters. The number of nitrogens with zero attached hydrogens (tertiary/aromatic N) is 1. The van der Waals surface area contributed by atoms with Crippen molar-refractivity contribution in [2.75, 3.05) is 26.2 Å². The molecule has 2 N–H and O–H groups in total. The third-order valence-electron chi connectivity index (χ3n) is 3.31. The highest BCUT2D eigenvalue weighted by molar-refractivity contribution is 6.30. The maximum Gasteiger partial charge on any atom is 0.238 e. The van der Waals surface area contributed by atoms with Gasteiger partial charge in [-0.05, 0) is 24.6 Å². The molecule has 0 aromatic heterocycles. The molecule has 19 heavy (non-hydrogen) atoms. The Balaban J connectivity index is 2.03. The third-order valence-corrected chi connectivity index (χ3v) is 3.56. The van der Waals surface area contributed by atoms with E-state index in [1.165, 1.54) is 5.56 Å². The zero-order valence-electron chi connectivity index (χ0n) is 11.2. The maximum absolute atomic E-state index is 12.0. The smallest absolute Gasteiger partial charge is 0.238 e. The van der Waals surface area contributed by atoms with Gasteiger partial charge < -0.3 is 10.6 Å². The lowest BCUT2D eigenvalue weighted by atomic mass is 10.1. The molecular formula is C14H20ClN3O. The molecule has 104 valence electrons. The van der Waals surface area contributed by atoms with Crippen LogP contribution in [-0.2, 0) is 11.3 Å². The highest BCUT2D eigenvalue weighted by atomic mass is 35.5. The predicted octanol–water partition coefficient (Wildman–Crippen LogP) is 1.25. The van der Waals surface area contributed by atoms with Crippen LogP contribution in [0.3, 0.4) is 0 Å². The molecule has 0 bridgehead atoms. The van der Waals surface area contributed by atoms with Crippen LogP contribution in [0.2, 0.25) is 5.02 Å². The second-order valence-corrected chi connectivity index (χ2v) is 5.15. The van der Waals surface area contributed by atoms with Crippen molar-refractivity contribution in [2.45, 2.75) is 19.5 Å². The van der Waals surface area contributed by atoms with Crippen LogP contribution in [0, 0.1) is 0 Å². The molecule has 1 saturated heterocycles. The highest BCUT2D eigenvalue weighted by Gasteiger charge is 2.27. The number of benzene rings is 1. The van der Waals surface area contributed by atoms with Crippen molar-refractivity contribution < 1.29 is 4.79 Å². The SMILES string of the molecule is CCNC(=O)C1CNCCN1Cc1ccc(Cl)cc1. The van der Waals surface area contributed by atoms with Crippen LogP contribution < -0.4 is 10.6 Å². The number of hydrogen-bond donors (Lipinski definition) is 2. The van der Waals surface area contributed by atoms with E-state index in [2.05, 4.69) is 15.5 Å². The Kier molecular flexibility index (Phi) is 5.19. The monoisotopic (exact) mass is 281 g/mol. The second-order valence-electron chi connectivity index (χ2n) is 4.71. The van der Waals surface area contributed by atoms with Crippen molar-refractivity contribution in [3.63, 3.8) is 0 Å². The van der Waals surface area contributed by atoms with E-state index in [9.17, 15) is 4.79 Å². The molecule has 4 nitrogen and oxygen atoms in total. The number of carbonyl (C=O) groups excluding carboxylic acids is 1. The minimum absolute atomic E-state index is 0.0932. The van der Waals surface area contributed by atoms with Gasteiger partial charge in [-0.15, -0.1) is 0 Å². The standard InChI is InChI=1S/C14H20ClN3O/c1-2-17-14(19)13-9-16-7-8-18(13)10-11-3-5-12(15)6-4-11/h3-6,13,16H,2,7-10H2,1H3,(H,17,19). The Morgan fingerprint density at radius 2 is 2.21 bits per heavy atom. The van der Waals surface area contributed by atoms with Gasteiger partial charge in [0.15, 0.2) is 0 Å². The summed E-state index contributed by atoms with van der Waals surface area (Å²) in [6.45, 7) is 5.90. The number of piperazine rings is 1. The molecule has 2 rings (SSSR count). The second kappa shape index (κ2) is 6.89. The van der Waals surface area contributed by atoms with E-state index in [1.807, 2.05) is 31.2 Å². The third kappa shape index (κ3) is 3.93. The van der Waals surface area contributed by atoms with E-state index in [0.29, 0.717) is 13.1 Å². The first-order valence-corrected chi connectivity index (χ1v) is 7.05. The molecule has 1 aliphatic heterocycles. The Hall–Kier alpha value is -1.10. The molecule has 0 radical (unpaired) electrons. The molecule has 1 atom stereocenters. The number of rotatable bonds is 4. The van der Waals surface area contributed by atoms with Crippen LogP contribution in [0.15, 0.2) is 24.3 Å². The molecule has 1 aromatic rings. The number of halogens is 1. The fraction of sp³-hybridized carbons (Fsp3) is 0.500. The van der Waals surface area contributed by atoms with Gasteiger partial charge in [0.1, 0.15) is 6.04 Å². The Morgan fingerprint density at radius 1 is 1.47 bits per heavy atom. The molecule has 1 heterocycles. The van der Waals surface area contributed by atoms with Gasteiger partial charge in [-0.1, -0.05) is 23.7 Å². The normalized spacial score (nSPS) is 20.2. The highest BCUT2D eigenvalue weighted by Crippen LogP contribution is 2.14. The van der Waals surface area contributed by atoms with E-state index >= 15 is 0 Å². The Morgan fingerprint density at radius 3 is 2.89 bits per heavy atom. The van der Waals surface area contributed by atoms with Crippen LogP contribution in [0.25, 0.3) is 0 Å². The van der Waals surface area contributed by atoms with E-state index in [0.717, 1.165) is 24.7 Å². The summed E-state index contributed by atoms with van der Waals surface area (Å²) < 4.78 is 0. The van der Waals surface area contributed by atoms with Crippen molar-refractivity contribution >= 4 is 17.5 Å². The summed E-state index contributed by atoms with van der Waals surface area (Å²) >= 11 is 5.89. The Bertz CT molecular complexity index is 421. The maximum atomic E-state index is 12.0. The van der Waals surface area contributed by atoms with Crippen molar-refractivity contribution in [3.8, 4) is 0 Å². The van der Waals surface area contributed by atoms with Gasteiger partial charge in [0.05, 0.1) is 0 Å². The Labute approximate surface area is 119 Å². The van der Waals surface area contributed by atoms with Gasteiger partial charge in [-0.2, -0.15) is 0 Å². The predicted molar refractivity (Wildman–Crippen MR) is 77.2 cm³/mol. The molecule has 0 saturated carbocycles. The molecular weight excluding hydrogens is 262 g/mol. The number of hydrogen-bond acceptors (Lipinski definition) is 3. The van der Waals surface area contributed by atoms with Gasteiger partial charge in [0, 0.05) is 37.7 Å². The van der Waals surface area contributed by atoms with Crippen LogP contribution in [-0.4, -0.2) is 43.0 Å². The zero-order valence-corrected chi connectivity index (χ0v) is 11.9. The average Bonchev–Trinajstić information content (AvgIpc) is 2.42. The fourth-order valence-electron chi connectivity index (χ4n) is 2.31. The van der Waals surface area contributed by atoms with Crippen molar-refractivity contribution in [3.05, 3.63) is 34.9 Å². The van der Waals surface area contributed by atoms with Crippen LogP contribution in [0.4, 0.5) is 0 Å². The fourth-order valence-corrected chi connectivity index (χ4v) is 2.44. The van der Waals surface area contributed by atoms with Gasteiger partial charge >= 0.3 is 0 Å². The molecule has 5 heteroatoms. The summed E-state index contributed by atoms with van der Waals surface area (Å²) in [5.41, 5.74) is 1.18. The van der Waals surface area contributed by atoms with Crippen LogP contribution >= 0.6 is 11.6 Å². The molecule has 0 spiro atoms. The molecule has 1 aromatic carbocycles. The van der Waals surface area contributed by atoms with Gasteiger partial charge in [0.2, 0.25) is 5.91 Å². The van der Waals surface area contributed by atoms with Gasteiger partial charge in [0.25, 0.3) is 0 Å². The van der Waals surface area contributed by atoms with Crippen molar-refractivity contribution in [1.82, 2.24) is 15.5 Å². The summed E-state index contributed by atoms with van der Waals surface area (Å²) in [5.74, 6) is 0.101. The lowest BCUT2D eigenvalue weighted by Crippen LogP contribution is -2.57. The molecule has 1 fully saturated rings. The van der Waals surface area contributed by atoms with Gasteiger partial charge in [-0.25, -0.2) is 0 Å². The first-order valence-electron chi connectivity index (χ1n) is 6.67. The summed E-state index contributed by atoms with van der Waals surface area (Å²) in [7, 11) is 0. The lowest BCUT2D eigenvalue weighted by molar-refractivity contribution is -0.127. The minimum Gasteiger partial charge on any atom is -0.355 e. The van der Waals surface area contributed by atoms with E-state index in [-0.39, 0.29) is 11.9 Å². The van der Waals surface area contributed by atoms with E-state index in [1.54, 1.807) is 0 Å².